The maximum absolute atomic E-state index is 12.8. The number of benzene rings is 2. The van der Waals surface area contributed by atoms with E-state index in [1.165, 1.54) is 11.0 Å². The average Bonchev–Trinajstić information content (AvgIpc) is 2.95. The maximum Gasteiger partial charge on any atom is 0.335 e. The number of carbonyl (C=O) groups excluding carboxylic acids is 2. The Morgan fingerprint density at radius 2 is 1.75 bits per heavy atom. The summed E-state index contributed by atoms with van der Waals surface area (Å²) in [6, 6.07) is 12.8. The Labute approximate surface area is 138 Å². The highest BCUT2D eigenvalue weighted by molar-refractivity contribution is 6.04. The van der Waals surface area contributed by atoms with Crippen LogP contribution in [0.5, 0.6) is 0 Å². The zero-order valence-corrected chi connectivity index (χ0v) is 12.8. The Morgan fingerprint density at radius 1 is 1.08 bits per heavy atom. The molecule has 3 rings (SSSR count). The number of nitrogens with two attached hydrogens (primary N) is 1. The Balaban J connectivity index is 1.94. The number of carboxylic acids is 1. The number of rotatable bonds is 4. The number of primary amides is 1. The summed E-state index contributed by atoms with van der Waals surface area (Å²) in [5, 5.41) is 9.24. The molecule has 6 heteroatoms. The Bertz CT molecular complexity index is 831. The number of hydrogen-bond acceptors (Lipinski definition) is 3. The van der Waals surface area contributed by atoms with Gasteiger partial charge in [-0.2, -0.15) is 0 Å². The van der Waals surface area contributed by atoms with E-state index in [0.717, 1.165) is 5.56 Å². The lowest BCUT2D eigenvalue weighted by Crippen LogP contribution is -2.46. The van der Waals surface area contributed by atoms with Gasteiger partial charge in [-0.1, -0.05) is 36.4 Å². The van der Waals surface area contributed by atoms with Crippen LogP contribution in [0.4, 0.5) is 5.69 Å². The van der Waals surface area contributed by atoms with Gasteiger partial charge in [0.1, 0.15) is 6.04 Å². The predicted octanol–water partition coefficient (Wildman–Crippen LogP) is 1.37. The van der Waals surface area contributed by atoms with E-state index in [1.54, 1.807) is 30.3 Å². The average molecular weight is 324 g/mol. The van der Waals surface area contributed by atoms with E-state index in [2.05, 4.69) is 0 Å². The number of nitrogens with zero attached hydrogens (tertiary/aromatic N) is 1. The van der Waals surface area contributed by atoms with Crippen molar-refractivity contribution in [3.8, 4) is 0 Å². The van der Waals surface area contributed by atoms with E-state index in [1.807, 2.05) is 12.1 Å². The Morgan fingerprint density at radius 3 is 2.46 bits per heavy atom. The minimum absolute atomic E-state index is 0.0777. The SMILES string of the molecule is NC(=O)C1Cc2ccccc2N1C(=O)Cc1ccccc1C(=O)O. The Kier molecular flexibility index (Phi) is 4.04. The molecule has 1 atom stereocenters. The number of carbonyl (C=O) groups is 3. The van der Waals surface area contributed by atoms with E-state index < -0.39 is 17.9 Å². The van der Waals surface area contributed by atoms with Crippen LogP contribution in [0, 0.1) is 0 Å². The van der Waals surface area contributed by atoms with Gasteiger partial charge in [-0.25, -0.2) is 4.79 Å². The number of hydrogen-bond donors (Lipinski definition) is 2. The fraction of sp³-hybridized carbons (Fsp3) is 0.167. The third-order valence-electron chi connectivity index (χ3n) is 4.16. The standard InChI is InChI=1S/C18H16N2O4/c19-17(22)15-9-12-6-2-4-8-14(12)20(15)16(21)10-11-5-1-3-7-13(11)18(23)24/h1-8,15H,9-10H2,(H2,19,22)(H,23,24). The van der Waals surface area contributed by atoms with Gasteiger partial charge in [-0.3, -0.25) is 14.5 Å². The molecule has 0 aliphatic carbocycles. The van der Waals surface area contributed by atoms with Gasteiger partial charge in [0, 0.05) is 12.1 Å². The van der Waals surface area contributed by atoms with Crippen molar-refractivity contribution in [1.29, 1.82) is 0 Å². The molecule has 1 aliphatic rings. The van der Waals surface area contributed by atoms with E-state index in [0.29, 0.717) is 17.7 Å². The second-order valence-corrected chi connectivity index (χ2v) is 5.65. The molecule has 2 aromatic carbocycles. The van der Waals surface area contributed by atoms with Gasteiger partial charge in [-0.05, 0) is 23.3 Å². The van der Waals surface area contributed by atoms with Gasteiger partial charge < -0.3 is 10.8 Å². The molecule has 24 heavy (non-hydrogen) atoms. The summed E-state index contributed by atoms with van der Waals surface area (Å²) in [6.45, 7) is 0. The highest BCUT2D eigenvalue weighted by atomic mass is 16.4. The fourth-order valence-corrected chi connectivity index (χ4v) is 3.05. The van der Waals surface area contributed by atoms with Gasteiger partial charge in [0.05, 0.1) is 12.0 Å². The van der Waals surface area contributed by atoms with Crippen molar-refractivity contribution >= 4 is 23.5 Å². The van der Waals surface area contributed by atoms with Gasteiger partial charge in [-0.15, -0.1) is 0 Å². The summed E-state index contributed by atoms with van der Waals surface area (Å²) in [4.78, 5) is 37.2. The Hall–Kier alpha value is -3.15. The van der Waals surface area contributed by atoms with Gasteiger partial charge in [0.15, 0.2) is 0 Å². The van der Waals surface area contributed by atoms with Crippen LogP contribution in [0.25, 0.3) is 0 Å². The molecular formula is C18H16N2O4. The zero-order chi connectivity index (χ0) is 17.3. The first-order valence-electron chi connectivity index (χ1n) is 7.49. The monoisotopic (exact) mass is 324 g/mol. The molecule has 0 spiro atoms. The van der Waals surface area contributed by atoms with Gasteiger partial charge in [0.25, 0.3) is 0 Å². The lowest BCUT2D eigenvalue weighted by atomic mass is 10.0. The summed E-state index contributed by atoms with van der Waals surface area (Å²) in [6.07, 6.45) is 0.262. The summed E-state index contributed by atoms with van der Waals surface area (Å²) in [5.74, 6) is -2.02. The highest BCUT2D eigenvalue weighted by Crippen LogP contribution is 2.32. The van der Waals surface area contributed by atoms with Crippen LogP contribution in [0.2, 0.25) is 0 Å². The molecule has 6 nitrogen and oxygen atoms in total. The van der Waals surface area contributed by atoms with Crippen LogP contribution < -0.4 is 10.6 Å². The van der Waals surface area contributed by atoms with Crippen molar-refractivity contribution in [2.24, 2.45) is 5.73 Å². The predicted molar refractivity (Wildman–Crippen MR) is 87.7 cm³/mol. The van der Waals surface area contributed by atoms with E-state index in [4.69, 9.17) is 5.73 Å². The van der Waals surface area contributed by atoms with Crippen LogP contribution in [-0.2, 0) is 22.4 Å². The zero-order valence-electron chi connectivity index (χ0n) is 12.8. The van der Waals surface area contributed by atoms with Crippen LogP contribution in [0.1, 0.15) is 21.5 Å². The largest absolute Gasteiger partial charge is 0.478 e. The summed E-state index contributed by atoms with van der Waals surface area (Å²) in [5.41, 5.74) is 7.46. The van der Waals surface area contributed by atoms with E-state index in [9.17, 15) is 19.5 Å². The molecule has 0 aromatic heterocycles. The lowest BCUT2D eigenvalue weighted by Gasteiger charge is -2.23. The number of fused-ring (bicyclic) bond motifs is 1. The first kappa shape index (κ1) is 15.7. The van der Waals surface area contributed by atoms with Gasteiger partial charge in [0.2, 0.25) is 11.8 Å². The van der Waals surface area contributed by atoms with Crippen molar-refractivity contribution in [3.05, 3.63) is 65.2 Å². The van der Waals surface area contributed by atoms with Crippen molar-refractivity contribution in [2.75, 3.05) is 4.90 Å². The molecule has 1 unspecified atom stereocenters. The molecule has 0 saturated heterocycles. The van der Waals surface area contributed by atoms with Crippen LogP contribution >= 0.6 is 0 Å². The molecule has 0 fully saturated rings. The van der Waals surface area contributed by atoms with Crippen molar-refractivity contribution in [1.82, 2.24) is 0 Å². The summed E-state index contributed by atoms with van der Waals surface area (Å²) < 4.78 is 0. The molecule has 2 amide bonds. The van der Waals surface area contributed by atoms with Crippen molar-refractivity contribution in [3.63, 3.8) is 0 Å². The van der Waals surface area contributed by atoms with Crippen LogP contribution in [0.3, 0.4) is 0 Å². The number of carboxylic acid groups (broad SMARTS) is 1. The first-order chi connectivity index (χ1) is 11.5. The fourth-order valence-electron chi connectivity index (χ4n) is 3.05. The molecule has 122 valence electrons. The number of amides is 2. The highest BCUT2D eigenvalue weighted by Gasteiger charge is 2.37. The molecule has 1 aliphatic heterocycles. The third-order valence-corrected chi connectivity index (χ3v) is 4.16. The smallest absolute Gasteiger partial charge is 0.335 e. The second kappa shape index (κ2) is 6.16. The van der Waals surface area contributed by atoms with Crippen LogP contribution in [0.15, 0.2) is 48.5 Å². The third kappa shape index (κ3) is 2.74. The lowest BCUT2D eigenvalue weighted by molar-refractivity contribution is -0.124. The molecule has 0 radical (unpaired) electrons. The second-order valence-electron chi connectivity index (χ2n) is 5.65. The van der Waals surface area contributed by atoms with E-state index in [-0.39, 0.29) is 17.9 Å². The summed E-state index contributed by atoms with van der Waals surface area (Å²) in [7, 11) is 0. The normalized spacial score (nSPS) is 15.8. The molecule has 1 heterocycles. The van der Waals surface area contributed by atoms with Crippen molar-refractivity contribution < 1.29 is 19.5 Å². The number of para-hydroxylation sites is 1. The maximum atomic E-state index is 12.8. The van der Waals surface area contributed by atoms with E-state index >= 15 is 0 Å². The number of aromatic carboxylic acids is 1. The van der Waals surface area contributed by atoms with Crippen molar-refractivity contribution in [2.45, 2.75) is 18.9 Å². The molecule has 0 bridgehead atoms. The molecule has 2 aromatic rings. The topological polar surface area (TPSA) is 101 Å². The first-order valence-corrected chi connectivity index (χ1v) is 7.49. The summed E-state index contributed by atoms with van der Waals surface area (Å²) >= 11 is 0. The number of anilines is 1. The minimum atomic E-state index is -1.09. The molecule has 0 saturated carbocycles. The van der Waals surface area contributed by atoms with Crippen LogP contribution in [-0.4, -0.2) is 28.9 Å². The van der Waals surface area contributed by atoms with Gasteiger partial charge >= 0.3 is 5.97 Å². The molecule has 3 N–H and O–H groups in total. The minimum Gasteiger partial charge on any atom is -0.478 e. The molecular weight excluding hydrogens is 308 g/mol. The quantitative estimate of drug-likeness (QED) is 0.887.